The standard InChI is InChI=1S/C23H14ClN3.C2H6/c24-23-26-21(19-4-2-1-3-5-19)14-22(27-23)20-12-10-18(11-13-20)17-8-6-16(15-25)7-9-17;1-2/h1-14H;1-2H3. The monoisotopic (exact) mass is 397 g/mol. The highest BCUT2D eigenvalue weighted by atomic mass is 35.5. The van der Waals surface area contributed by atoms with E-state index < -0.39 is 0 Å². The van der Waals surface area contributed by atoms with Gasteiger partial charge in [-0.1, -0.05) is 80.6 Å². The Morgan fingerprint density at radius 1 is 0.655 bits per heavy atom. The second-order valence-electron chi connectivity index (χ2n) is 6.04. The molecule has 0 aliphatic rings. The van der Waals surface area contributed by atoms with E-state index in [1.807, 2.05) is 98.8 Å². The molecule has 0 fully saturated rings. The van der Waals surface area contributed by atoms with Crippen LogP contribution in [0.3, 0.4) is 0 Å². The SMILES string of the molecule is CC.N#Cc1ccc(-c2ccc(-c3cc(-c4ccccc4)nc(Cl)n3)cc2)cc1. The quantitative estimate of drug-likeness (QED) is 0.348. The summed E-state index contributed by atoms with van der Waals surface area (Å²) < 4.78 is 0. The predicted octanol–water partition coefficient (Wildman–Crippen LogP) is 7.03. The lowest BCUT2D eigenvalue weighted by atomic mass is 10.0. The van der Waals surface area contributed by atoms with Crippen molar-refractivity contribution in [1.82, 2.24) is 9.97 Å². The average molecular weight is 398 g/mol. The minimum atomic E-state index is 0.225. The molecule has 0 N–H and O–H groups in total. The first-order valence-electron chi connectivity index (χ1n) is 9.44. The molecule has 142 valence electrons. The van der Waals surface area contributed by atoms with Crippen LogP contribution in [0, 0.1) is 11.3 Å². The summed E-state index contributed by atoms with van der Waals surface area (Å²) in [5, 5.41) is 9.14. The fourth-order valence-corrected chi connectivity index (χ4v) is 3.08. The molecule has 0 bridgehead atoms. The van der Waals surface area contributed by atoms with Gasteiger partial charge in [0.15, 0.2) is 0 Å². The predicted molar refractivity (Wildman–Crippen MR) is 119 cm³/mol. The van der Waals surface area contributed by atoms with Crippen LogP contribution in [0.1, 0.15) is 19.4 Å². The summed E-state index contributed by atoms with van der Waals surface area (Å²) in [5.74, 6) is 0. The van der Waals surface area contributed by atoms with Crippen LogP contribution in [0.15, 0.2) is 84.9 Å². The molecule has 0 saturated carbocycles. The van der Waals surface area contributed by atoms with E-state index in [0.717, 1.165) is 33.6 Å². The Balaban J connectivity index is 0.00000117. The van der Waals surface area contributed by atoms with Gasteiger partial charge < -0.3 is 0 Å². The van der Waals surface area contributed by atoms with E-state index in [1.54, 1.807) is 0 Å². The van der Waals surface area contributed by atoms with Crippen LogP contribution in [0.25, 0.3) is 33.6 Å². The van der Waals surface area contributed by atoms with Crippen LogP contribution in [-0.2, 0) is 0 Å². The molecule has 29 heavy (non-hydrogen) atoms. The number of hydrogen-bond acceptors (Lipinski definition) is 3. The third-order valence-electron chi connectivity index (χ3n) is 4.30. The lowest BCUT2D eigenvalue weighted by Gasteiger charge is -2.07. The Morgan fingerprint density at radius 3 is 1.62 bits per heavy atom. The lowest BCUT2D eigenvalue weighted by molar-refractivity contribution is 1.18. The minimum absolute atomic E-state index is 0.225. The van der Waals surface area contributed by atoms with Gasteiger partial charge in [-0.3, -0.25) is 0 Å². The highest BCUT2D eigenvalue weighted by Crippen LogP contribution is 2.27. The van der Waals surface area contributed by atoms with E-state index in [0.29, 0.717) is 5.56 Å². The highest BCUT2D eigenvalue weighted by molar-refractivity contribution is 6.28. The Hall–Kier alpha value is -3.48. The van der Waals surface area contributed by atoms with Gasteiger partial charge in [0.05, 0.1) is 23.0 Å². The summed E-state index contributed by atoms with van der Waals surface area (Å²) >= 11 is 6.16. The average Bonchev–Trinajstić information content (AvgIpc) is 2.81. The third-order valence-corrected chi connectivity index (χ3v) is 4.47. The largest absolute Gasteiger partial charge is 0.223 e. The summed E-state index contributed by atoms with van der Waals surface area (Å²) in [6.07, 6.45) is 0. The maximum atomic E-state index is 8.92. The molecule has 4 heteroatoms. The van der Waals surface area contributed by atoms with Crippen molar-refractivity contribution >= 4 is 11.6 Å². The zero-order chi connectivity index (χ0) is 20.6. The summed E-state index contributed by atoms with van der Waals surface area (Å²) in [6, 6.07) is 29.6. The number of halogens is 1. The summed E-state index contributed by atoms with van der Waals surface area (Å²) in [4.78, 5) is 8.71. The Morgan fingerprint density at radius 2 is 1.10 bits per heavy atom. The van der Waals surface area contributed by atoms with Crippen molar-refractivity contribution in [2.24, 2.45) is 0 Å². The molecular weight excluding hydrogens is 378 g/mol. The van der Waals surface area contributed by atoms with Crippen LogP contribution in [0.5, 0.6) is 0 Å². The van der Waals surface area contributed by atoms with Crippen molar-refractivity contribution in [3.8, 4) is 39.7 Å². The van der Waals surface area contributed by atoms with Crippen LogP contribution in [0.2, 0.25) is 5.28 Å². The second kappa shape index (κ2) is 9.64. The van der Waals surface area contributed by atoms with Gasteiger partial charge in [-0.15, -0.1) is 0 Å². The number of nitriles is 1. The second-order valence-corrected chi connectivity index (χ2v) is 6.38. The summed E-state index contributed by atoms with van der Waals surface area (Å²) in [7, 11) is 0. The lowest BCUT2D eigenvalue weighted by Crippen LogP contribution is -1.92. The maximum absolute atomic E-state index is 8.92. The topological polar surface area (TPSA) is 49.6 Å². The molecule has 0 atom stereocenters. The molecule has 3 nitrogen and oxygen atoms in total. The molecule has 0 spiro atoms. The molecule has 1 aromatic heterocycles. The number of nitrogens with zero attached hydrogens (tertiary/aromatic N) is 3. The van der Waals surface area contributed by atoms with Crippen molar-refractivity contribution in [2.45, 2.75) is 13.8 Å². The fraction of sp³-hybridized carbons (Fsp3) is 0.0800. The summed E-state index contributed by atoms with van der Waals surface area (Å²) in [5.41, 5.74) is 6.32. The van der Waals surface area contributed by atoms with Crippen molar-refractivity contribution in [2.75, 3.05) is 0 Å². The fourth-order valence-electron chi connectivity index (χ4n) is 2.89. The van der Waals surface area contributed by atoms with Crippen molar-refractivity contribution in [3.63, 3.8) is 0 Å². The molecule has 4 aromatic rings. The van der Waals surface area contributed by atoms with Gasteiger partial charge in [0.1, 0.15) is 0 Å². The molecule has 0 saturated heterocycles. The molecule has 1 heterocycles. The van der Waals surface area contributed by atoms with E-state index in [9.17, 15) is 0 Å². The van der Waals surface area contributed by atoms with Crippen LogP contribution < -0.4 is 0 Å². The molecule has 0 radical (unpaired) electrons. The molecule has 0 aliphatic heterocycles. The highest BCUT2D eigenvalue weighted by Gasteiger charge is 2.08. The summed E-state index contributed by atoms with van der Waals surface area (Å²) in [6.45, 7) is 4.00. The van der Waals surface area contributed by atoms with Crippen LogP contribution in [-0.4, -0.2) is 9.97 Å². The van der Waals surface area contributed by atoms with Crippen molar-refractivity contribution in [3.05, 3.63) is 95.8 Å². The van der Waals surface area contributed by atoms with Gasteiger partial charge in [-0.2, -0.15) is 5.26 Å². The molecule has 0 aliphatic carbocycles. The normalized spacial score (nSPS) is 9.86. The first-order chi connectivity index (χ1) is 14.2. The van der Waals surface area contributed by atoms with E-state index in [-0.39, 0.29) is 5.28 Å². The molecule has 4 rings (SSSR count). The van der Waals surface area contributed by atoms with E-state index in [2.05, 4.69) is 16.0 Å². The van der Waals surface area contributed by atoms with Crippen LogP contribution >= 0.6 is 11.6 Å². The number of rotatable bonds is 3. The Bertz CT molecular complexity index is 1110. The number of benzene rings is 3. The van der Waals surface area contributed by atoms with E-state index >= 15 is 0 Å². The third kappa shape index (κ3) is 4.87. The van der Waals surface area contributed by atoms with Gasteiger partial charge >= 0.3 is 0 Å². The van der Waals surface area contributed by atoms with Crippen molar-refractivity contribution in [1.29, 1.82) is 5.26 Å². The Kier molecular flexibility index (Phi) is 6.73. The van der Waals surface area contributed by atoms with Crippen molar-refractivity contribution < 1.29 is 0 Å². The number of aromatic nitrogens is 2. The van der Waals surface area contributed by atoms with E-state index in [4.69, 9.17) is 16.9 Å². The molecular formula is C25H20ClN3. The minimum Gasteiger partial charge on any atom is -0.218 e. The first-order valence-corrected chi connectivity index (χ1v) is 9.82. The van der Waals surface area contributed by atoms with E-state index in [1.165, 1.54) is 0 Å². The first kappa shape index (κ1) is 20.3. The van der Waals surface area contributed by atoms with Gasteiger partial charge in [0, 0.05) is 11.1 Å². The van der Waals surface area contributed by atoms with Gasteiger partial charge in [0.25, 0.3) is 0 Å². The Labute approximate surface area is 176 Å². The van der Waals surface area contributed by atoms with Gasteiger partial charge in [-0.05, 0) is 40.9 Å². The van der Waals surface area contributed by atoms with Gasteiger partial charge in [0.2, 0.25) is 5.28 Å². The molecule has 0 amide bonds. The smallest absolute Gasteiger partial charge is 0.218 e. The molecule has 0 unspecified atom stereocenters. The van der Waals surface area contributed by atoms with Gasteiger partial charge in [-0.25, -0.2) is 9.97 Å². The molecule has 3 aromatic carbocycles. The van der Waals surface area contributed by atoms with Crippen LogP contribution in [0.4, 0.5) is 0 Å². The zero-order valence-corrected chi connectivity index (χ0v) is 17.1. The number of hydrogen-bond donors (Lipinski definition) is 0. The maximum Gasteiger partial charge on any atom is 0.223 e. The zero-order valence-electron chi connectivity index (χ0n) is 16.3.